The summed E-state index contributed by atoms with van der Waals surface area (Å²) >= 11 is 0. The van der Waals surface area contributed by atoms with Crippen LogP contribution in [0.5, 0.6) is 11.8 Å². The first-order valence-electron chi connectivity index (χ1n) is 5.71. The van der Waals surface area contributed by atoms with Gasteiger partial charge in [0.1, 0.15) is 5.75 Å². The number of carbonyl (C=O) groups is 1. The molecule has 0 fully saturated rings. The second-order valence-corrected chi connectivity index (χ2v) is 3.98. The summed E-state index contributed by atoms with van der Waals surface area (Å²) in [5.41, 5.74) is 12.6. The Bertz CT molecular complexity index is 596. The quantitative estimate of drug-likeness (QED) is 0.855. The molecule has 4 N–H and O–H groups in total. The number of hydrogen-bond acceptors (Lipinski definition) is 5. The molecule has 0 unspecified atom stereocenters. The van der Waals surface area contributed by atoms with Gasteiger partial charge in [0.15, 0.2) is 0 Å². The third kappa shape index (κ3) is 3.26. The number of primary amides is 1. The van der Waals surface area contributed by atoms with Crippen molar-refractivity contribution in [2.75, 3.05) is 0 Å². The minimum atomic E-state index is -0.483. The number of hydrogen-bond donors (Lipinski definition) is 2. The summed E-state index contributed by atoms with van der Waals surface area (Å²) in [6.45, 7) is 2.16. The van der Waals surface area contributed by atoms with E-state index < -0.39 is 5.91 Å². The van der Waals surface area contributed by atoms with E-state index in [1.807, 2.05) is 6.92 Å². The lowest BCUT2D eigenvalue weighted by Crippen LogP contribution is -2.10. The zero-order chi connectivity index (χ0) is 13.8. The molecule has 2 aromatic rings. The second kappa shape index (κ2) is 5.45. The van der Waals surface area contributed by atoms with Crippen LogP contribution in [0.4, 0.5) is 0 Å². The van der Waals surface area contributed by atoms with Gasteiger partial charge in [-0.2, -0.15) is 4.98 Å². The van der Waals surface area contributed by atoms with Gasteiger partial charge in [-0.05, 0) is 37.3 Å². The van der Waals surface area contributed by atoms with Crippen molar-refractivity contribution < 1.29 is 9.53 Å². The Morgan fingerprint density at radius 3 is 2.53 bits per heavy atom. The van der Waals surface area contributed by atoms with Gasteiger partial charge in [-0.1, -0.05) is 0 Å². The summed E-state index contributed by atoms with van der Waals surface area (Å²) in [6.07, 6.45) is 0. The van der Waals surface area contributed by atoms with Gasteiger partial charge in [0.2, 0.25) is 5.91 Å². The number of carbonyl (C=O) groups excluding carboxylic acids is 1. The molecule has 1 amide bonds. The molecule has 98 valence electrons. The maximum Gasteiger partial charge on any atom is 0.322 e. The fraction of sp³-hybridized carbons (Fsp3) is 0.154. The molecule has 0 spiro atoms. The molecule has 0 aliphatic carbocycles. The van der Waals surface area contributed by atoms with Crippen LogP contribution in [0.1, 0.15) is 21.7 Å². The Labute approximate surface area is 110 Å². The number of rotatable bonds is 4. The van der Waals surface area contributed by atoms with Gasteiger partial charge in [-0.25, -0.2) is 4.98 Å². The van der Waals surface area contributed by atoms with Gasteiger partial charge in [-0.15, -0.1) is 0 Å². The lowest BCUT2D eigenvalue weighted by atomic mass is 10.2. The molecule has 2 rings (SSSR count). The highest BCUT2D eigenvalue weighted by atomic mass is 16.5. The van der Waals surface area contributed by atoms with Crippen LogP contribution in [0.25, 0.3) is 0 Å². The summed E-state index contributed by atoms with van der Waals surface area (Å²) in [4.78, 5) is 19.3. The Kier molecular flexibility index (Phi) is 3.72. The third-order valence-electron chi connectivity index (χ3n) is 2.44. The van der Waals surface area contributed by atoms with E-state index in [2.05, 4.69) is 9.97 Å². The number of ether oxygens (including phenoxy) is 1. The Morgan fingerprint density at radius 1 is 1.26 bits per heavy atom. The predicted molar refractivity (Wildman–Crippen MR) is 69.7 cm³/mol. The number of nitrogens with two attached hydrogens (primary N) is 2. The van der Waals surface area contributed by atoms with Gasteiger partial charge in [0.25, 0.3) is 0 Å². The fourth-order valence-electron chi connectivity index (χ4n) is 1.55. The Balaban J connectivity index is 2.21. The van der Waals surface area contributed by atoms with E-state index in [0.717, 1.165) is 5.69 Å². The molecule has 1 heterocycles. The molecule has 0 bridgehead atoms. The second-order valence-electron chi connectivity index (χ2n) is 3.98. The van der Waals surface area contributed by atoms with E-state index in [-0.39, 0.29) is 6.01 Å². The van der Waals surface area contributed by atoms with Gasteiger partial charge < -0.3 is 16.2 Å². The van der Waals surface area contributed by atoms with Crippen molar-refractivity contribution in [3.8, 4) is 11.8 Å². The normalized spacial score (nSPS) is 10.2. The Hall–Kier alpha value is -2.47. The number of amides is 1. The van der Waals surface area contributed by atoms with Crippen molar-refractivity contribution in [1.82, 2.24) is 9.97 Å². The smallest absolute Gasteiger partial charge is 0.322 e. The van der Waals surface area contributed by atoms with E-state index in [1.54, 1.807) is 30.3 Å². The van der Waals surface area contributed by atoms with E-state index in [0.29, 0.717) is 23.6 Å². The topological polar surface area (TPSA) is 104 Å². The number of aryl methyl sites for hydroxylation is 1. The largest absolute Gasteiger partial charge is 0.424 e. The molecule has 6 nitrogen and oxygen atoms in total. The number of aromatic nitrogens is 2. The highest BCUT2D eigenvalue weighted by Gasteiger charge is 2.05. The molecule has 19 heavy (non-hydrogen) atoms. The van der Waals surface area contributed by atoms with Crippen LogP contribution in [0.2, 0.25) is 0 Å². The monoisotopic (exact) mass is 258 g/mol. The van der Waals surface area contributed by atoms with Crippen molar-refractivity contribution in [1.29, 1.82) is 0 Å². The van der Waals surface area contributed by atoms with Gasteiger partial charge in [0.05, 0.1) is 5.69 Å². The molecular weight excluding hydrogens is 244 g/mol. The van der Waals surface area contributed by atoms with Crippen molar-refractivity contribution in [2.24, 2.45) is 11.5 Å². The van der Waals surface area contributed by atoms with E-state index >= 15 is 0 Å². The summed E-state index contributed by atoms with van der Waals surface area (Å²) in [5, 5.41) is 0. The summed E-state index contributed by atoms with van der Waals surface area (Å²) < 4.78 is 5.51. The average Bonchev–Trinajstić information content (AvgIpc) is 2.38. The van der Waals surface area contributed by atoms with Crippen molar-refractivity contribution in [2.45, 2.75) is 13.5 Å². The fourth-order valence-corrected chi connectivity index (χ4v) is 1.55. The standard InChI is InChI=1S/C13H14N4O2/c1-8-6-10(7-14)17-13(16-8)19-11-4-2-9(3-5-11)12(15)18/h2-6H,7,14H2,1H3,(H2,15,18). The van der Waals surface area contributed by atoms with Crippen LogP contribution in [-0.2, 0) is 6.54 Å². The number of benzene rings is 1. The van der Waals surface area contributed by atoms with Crippen LogP contribution < -0.4 is 16.2 Å². The van der Waals surface area contributed by atoms with Crippen molar-refractivity contribution >= 4 is 5.91 Å². The van der Waals surface area contributed by atoms with E-state index in [4.69, 9.17) is 16.2 Å². The molecular formula is C13H14N4O2. The van der Waals surface area contributed by atoms with Crippen LogP contribution in [0.3, 0.4) is 0 Å². The minimum Gasteiger partial charge on any atom is -0.424 e. The van der Waals surface area contributed by atoms with Crippen LogP contribution in [0.15, 0.2) is 30.3 Å². The molecule has 6 heteroatoms. The summed E-state index contributed by atoms with van der Waals surface area (Å²) in [5.74, 6) is 0.0438. The molecule has 0 saturated carbocycles. The van der Waals surface area contributed by atoms with E-state index in [9.17, 15) is 4.79 Å². The van der Waals surface area contributed by atoms with Crippen LogP contribution in [0, 0.1) is 6.92 Å². The maximum absolute atomic E-state index is 10.9. The lowest BCUT2D eigenvalue weighted by molar-refractivity contribution is 0.100. The highest BCUT2D eigenvalue weighted by molar-refractivity contribution is 5.92. The summed E-state index contributed by atoms with van der Waals surface area (Å²) in [6, 6.07) is 8.45. The Morgan fingerprint density at radius 2 is 1.95 bits per heavy atom. The maximum atomic E-state index is 10.9. The minimum absolute atomic E-state index is 0.229. The molecule has 0 atom stereocenters. The summed E-state index contributed by atoms with van der Waals surface area (Å²) in [7, 11) is 0. The molecule has 0 radical (unpaired) electrons. The molecule has 1 aromatic heterocycles. The van der Waals surface area contributed by atoms with Crippen LogP contribution in [-0.4, -0.2) is 15.9 Å². The first-order chi connectivity index (χ1) is 9.08. The van der Waals surface area contributed by atoms with E-state index in [1.165, 1.54) is 0 Å². The van der Waals surface area contributed by atoms with Crippen molar-refractivity contribution in [3.63, 3.8) is 0 Å². The first-order valence-corrected chi connectivity index (χ1v) is 5.71. The predicted octanol–water partition coefficient (Wildman–Crippen LogP) is 1.13. The molecule has 1 aromatic carbocycles. The molecule has 0 saturated heterocycles. The molecule has 0 aliphatic heterocycles. The highest BCUT2D eigenvalue weighted by Crippen LogP contribution is 2.18. The number of nitrogens with zero attached hydrogens (tertiary/aromatic N) is 2. The van der Waals surface area contributed by atoms with Gasteiger partial charge >= 0.3 is 6.01 Å². The third-order valence-corrected chi connectivity index (χ3v) is 2.44. The average molecular weight is 258 g/mol. The first kappa shape index (κ1) is 13.0. The van der Waals surface area contributed by atoms with Gasteiger partial charge in [0, 0.05) is 17.8 Å². The zero-order valence-electron chi connectivity index (χ0n) is 10.5. The molecule has 0 aliphatic rings. The zero-order valence-corrected chi connectivity index (χ0v) is 10.5. The van der Waals surface area contributed by atoms with Crippen molar-refractivity contribution in [3.05, 3.63) is 47.3 Å². The van der Waals surface area contributed by atoms with Gasteiger partial charge in [-0.3, -0.25) is 4.79 Å². The van der Waals surface area contributed by atoms with Crippen LogP contribution >= 0.6 is 0 Å². The lowest BCUT2D eigenvalue weighted by Gasteiger charge is -2.06. The SMILES string of the molecule is Cc1cc(CN)nc(Oc2ccc(C(N)=O)cc2)n1.